The maximum atomic E-state index is 13.8. The fourth-order valence-electron chi connectivity index (χ4n) is 6.88. The van der Waals surface area contributed by atoms with Gasteiger partial charge in [-0.3, -0.25) is 4.79 Å². The zero-order valence-electron chi connectivity index (χ0n) is 21.8. The van der Waals surface area contributed by atoms with Gasteiger partial charge in [-0.05, 0) is 90.8 Å². The lowest BCUT2D eigenvalue weighted by molar-refractivity contribution is -0.127. The number of fused-ring (bicyclic) bond motifs is 1. The largest absolute Gasteiger partial charge is 0.294 e. The minimum atomic E-state index is 0.0635. The first-order chi connectivity index (χ1) is 15.7. The van der Waals surface area contributed by atoms with Crippen molar-refractivity contribution in [3.63, 3.8) is 0 Å². The Kier molecular flexibility index (Phi) is 6.90. The van der Waals surface area contributed by atoms with Crippen LogP contribution in [-0.2, 0) is 4.79 Å². The molecule has 0 aromatic rings. The Morgan fingerprint density at radius 3 is 2.48 bits per heavy atom. The van der Waals surface area contributed by atoms with E-state index in [1.165, 1.54) is 36.0 Å². The highest BCUT2D eigenvalue weighted by molar-refractivity contribution is 5.99. The van der Waals surface area contributed by atoms with Gasteiger partial charge in [0.15, 0.2) is 5.78 Å². The van der Waals surface area contributed by atoms with Gasteiger partial charge in [-0.15, -0.1) is 0 Å². The molecule has 178 valence electrons. The number of allylic oxidation sites excluding steroid dienone is 12. The molecule has 0 heterocycles. The van der Waals surface area contributed by atoms with E-state index in [9.17, 15) is 4.79 Å². The highest BCUT2D eigenvalue weighted by Gasteiger charge is 2.51. The summed E-state index contributed by atoms with van der Waals surface area (Å²) in [5, 5.41) is 0. The van der Waals surface area contributed by atoms with Crippen LogP contribution in [0.25, 0.3) is 0 Å². The Bertz CT molecular complexity index is 962. The average molecular weight is 445 g/mol. The van der Waals surface area contributed by atoms with Crippen molar-refractivity contribution in [3.05, 3.63) is 70.9 Å². The Hall–Kier alpha value is -1.89. The van der Waals surface area contributed by atoms with Gasteiger partial charge in [-0.2, -0.15) is 0 Å². The van der Waals surface area contributed by atoms with Crippen molar-refractivity contribution in [2.24, 2.45) is 34.5 Å². The summed E-state index contributed by atoms with van der Waals surface area (Å²) in [7, 11) is 0. The fourth-order valence-corrected chi connectivity index (χ4v) is 6.88. The van der Waals surface area contributed by atoms with Gasteiger partial charge in [0.25, 0.3) is 0 Å². The van der Waals surface area contributed by atoms with Crippen molar-refractivity contribution >= 4 is 5.78 Å². The van der Waals surface area contributed by atoms with Gasteiger partial charge in [0.05, 0.1) is 0 Å². The second kappa shape index (κ2) is 9.40. The van der Waals surface area contributed by atoms with Crippen molar-refractivity contribution in [2.45, 2.75) is 86.5 Å². The fraction of sp³-hybridized carbons (Fsp3) is 0.594. The zero-order valence-corrected chi connectivity index (χ0v) is 21.8. The molecule has 0 amide bonds. The molecule has 0 spiro atoms. The van der Waals surface area contributed by atoms with Crippen LogP contribution in [-0.4, -0.2) is 5.78 Å². The van der Waals surface area contributed by atoms with Crippen molar-refractivity contribution in [1.29, 1.82) is 0 Å². The van der Waals surface area contributed by atoms with E-state index in [2.05, 4.69) is 90.2 Å². The molecule has 0 N–H and O–H groups in total. The molecule has 4 aliphatic carbocycles. The van der Waals surface area contributed by atoms with Crippen LogP contribution < -0.4 is 0 Å². The smallest absolute Gasteiger partial charge is 0.162 e. The SMILES string of the molecule is CCCC1C=CCC2C(=O)C(CC3C=CC=C(C4=CC=C(C)CC4)CC3(C)C)=CC(C)C12C. The normalized spacial score (nSPS) is 35.8. The zero-order chi connectivity index (χ0) is 23.8. The average Bonchev–Trinajstić information content (AvgIpc) is 2.92. The molecule has 5 atom stereocenters. The summed E-state index contributed by atoms with van der Waals surface area (Å²) in [5.74, 6) is 1.90. The van der Waals surface area contributed by atoms with Crippen molar-refractivity contribution in [1.82, 2.24) is 0 Å². The highest BCUT2D eigenvalue weighted by Crippen LogP contribution is 2.54. The summed E-state index contributed by atoms with van der Waals surface area (Å²) in [6, 6.07) is 0. The Morgan fingerprint density at radius 1 is 1.00 bits per heavy atom. The number of hydrogen-bond acceptors (Lipinski definition) is 1. The molecule has 0 bridgehead atoms. The molecule has 0 saturated heterocycles. The van der Waals surface area contributed by atoms with E-state index in [4.69, 9.17) is 0 Å². The minimum Gasteiger partial charge on any atom is -0.294 e. The van der Waals surface area contributed by atoms with Gasteiger partial charge in [-0.25, -0.2) is 0 Å². The lowest BCUT2D eigenvalue weighted by atomic mass is 9.52. The molecule has 0 aliphatic heterocycles. The highest BCUT2D eigenvalue weighted by atomic mass is 16.1. The Morgan fingerprint density at radius 2 is 1.79 bits per heavy atom. The van der Waals surface area contributed by atoms with E-state index in [1.807, 2.05) is 0 Å². The quantitative estimate of drug-likeness (QED) is 0.387. The molecule has 0 aromatic heterocycles. The molecular weight excluding hydrogens is 400 g/mol. The van der Waals surface area contributed by atoms with Crippen LogP contribution >= 0.6 is 0 Å². The first kappa shape index (κ1) is 24.2. The number of hydrogen-bond donors (Lipinski definition) is 0. The molecule has 1 nitrogen and oxygen atoms in total. The second-order valence-corrected chi connectivity index (χ2v) is 12.1. The maximum Gasteiger partial charge on any atom is 0.162 e. The van der Waals surface area contributed by atoms with E-state index in [0.29, 0.717) is 23.5 Å². The Labute approximate surface area is 202 Å². The third-order valence-electron chi connectivity index (χ3n) is 9.46. The van der Waals surface area contributed by atoms with Gasteiger partial charge in [0.2, 0.25) is 0 Å². The molecular formula is C32H44O. The molecule has 0 radical (unpaired) electrons. The van der Waals surface area contributed by atoms with Crippen molar-refractivity contribution in [3.8, 4) is 0 Å². The van der Waals surface area contributed by atoms with Crippen LogP contribution in [0.5, 0.6) is 0 Å². The van der Waals surface area contributed by atoms with Gasteiger partial charge < -0.3 is 0 Å². The third-order valence-corrected chi connectivity index (χ3v) is 9.46. The molecule has 1 heteroatoms. The third kappa shape index (κ3) is 4.58. The first-order valence-electron chi connectivity index (χ1n) is 13.3. The molecule has 4 aliphatic rings. The van der Waals surface area contributed by atoms with Crippen molar-refractivity contribution in [2.75, 3.05) is 0 Å². The van der Waals surface area contributed by atoms with E-state index in [-0.39, 0.29) is 16.7 Å². The standard InChI is InChI=1S/C32H44O/c1-7-10-27-12-9-14-29-30(33)26(19-23(3)32(27,29)6)20-28-13-8-11-25(21-31(28,4)5)24-17-15-22(2)16-18-24/h8-9,11-13,15,17,19,23,27-29H,7,10,14,16,18,20-21H2,1-6H3. The number of carbonyl (C=O) groups is 1. The number of rotatable bonds is 5. The van der Waals surface area contributed by atoms with Crippen molar-refractivity contribution < 1.29 is 4.79 Å². The Balaban J connectivity index is 1.54. The van der Waals surface area contributed by atoms with Gasteiger partial charge in [0, 0.05) is 5.92 Å². The molecule has 33 heavy (non-hydrogen) atoms. The molecule has 0 aromatic carbocycles. The van der Waals surface area contributed by atoms with E-state index in [0.717, 1.165) is 31.3 Å². The monoisotopic (exact) mass is 444 g/mol. The summed E-state index contributed by atoms with van der Waals surface area (Å²) in [5.41, 5.74) is 5.73. The van der Waals surface area contributed by atoms with Crippen LogP contribution in [0.1, 0.15) is 86.5 Å². The first-order valence-corrected chi connectivity index (χ1v) is 13.3. The molecule has 4 rings (SSSR count). The molecule has 5 unspecified atom stereocenters. The molecule has 0 saturated carbocycles. The second-order valence-electron chi connectivity index (χ2n) is 12.1. The predicted molar refractivity (Wildman–Crippen MR) is 141 cm³/mol. The van der Waals surface area contributed by atoms with E-state index >= 15 is 0 Å². The topological polar surface area (TPSA) is 17.1 Å². The maximum absolute atomic E-state index is 13.8. The van der Waals surface area contributed by atoms with Crippen LogP contribution in [0.4, 0.5) is 0 Å². The van der Waals surface area contributed by atoms with Crippen LogP contribution in [0.3, 0.4) is 0 Å². The number of ketones is 1. The van der Waals surface area contributed by atoms with Gasteiger partial charge >= 0.3 is 0 Å². The summed E-state index contributed by atoms with van der Waals surface area (Å²) >= 11 is 0. The summed E-state index contributed by atoms with van der Waals surface area (Å²) in [6.45, 7) is 14.0. The van der Waals surface area contributed by atoms with Crippen LogP contribution in [0.2, 0.25) is 0 Å². The predicted octanol–water partition coefficient (Wildman–Crippen LogP) is 8.72. The van der Waals surface area contributed by atoms with Crippen LogP contribution in [0.15, 0.2) is 70.9 Å². The van der Waals surface area contributed by atoms with Crippen LogP contribution in [0, 0.1) is 34.5 Å². The van der Waals surface area contributed by atoms with Gasteiger partial charge in [-0.1, -0.05) is 95.2 Å². The lowest BCUT2D eigenvalue weighted by Crippen LogP contribution is -2.48. The van der Waals surface area contributed by atoms with E-state index in [1.54, 1.807) is 0 Å². The summed E-state index contributed by atoms with van der Waals surface area (Å²) < 4.78 is 0. The summed E-state index contributed by atoms with van der Waals surface area (Å²) in [6.07, 6.45) is 26.2. The molecule has 0 fully saturated rings. The van der Waals surface area contributed by atoms with Gasteiger partial charge in [0.1, 0.15) is 0 Å². The number of Topliss-reactive ketones (excluding diaryl/α,β-unsaturated/α-hetero) is 1. The van der Waals surface area contributed by atoms with E-state index < -0.39 is 0 Å². The minimum absolute atomic E-state index is 0.0635. The summed E-state index contributed by atoms with van der Waals surface area (Å²) in [4.78, 5) is 13.8. The number of carbonyl (C=O) groups excluding carboxylic acids is 1. The lowest BCUT2D eigenvalue weighted by Gasteiger charge is -2.51.